The Hall–Kier alpha value is -3.52. The first-order valence-corrected chi connectivity index (χ1v) is 11.0. The van der Waals surface area contributed by atoms with Crippen molar-refractivity contribution in [3.8, 4) is 6.07 Å². The van der Waals surface area contributed by atoms with Crippen molar-refractivity contribution in [2.75, 3.05) is 11.9 Å². The van der Waals surface area contributed by atoms with E-state index >= 15 is 0 Å². The van der Waals surface area contributed by atoms with Gasteiger partial charge in [0.25, 0.3) is 5.91 Å². The van der Waals surface area contributed by atoms with Gasteiger partial charge in [0.15, 0.2) is 0 Å². The van der Waals surface area contributed by atoms with E-state index in [4.69, 9.17) is 0 Å². The highest BCUT2D eigenvalue weighted by atomic mass is 19.1. The highest BCUT2D eigenvalue weighted by Crippen LogP contribution is 2.37. The number of benzene rings is 1. The predicted molar refractivity (Wildman–Crippen MR) is 114 cm³/mol. The zero-order valence-corrected chi connectivity index (χ0v) is 18.0. The van der Waals surface area contributed by atoms with Crippen LogP contribution in [-0.2, 0) is 11.3 Å². The van der Waals surface area contributed by atoms with Crippen LogP contribution in [0.4, 0.5) is 19.0 Å². The lowest BCUT2D eigenvalue weighted by molar-refractivity contribution is -0.125. The molecule has 2 fully saturated rings. The van der Waals surface area contributed by atoms with Crippen LogP contribution in [0.25, 0.3) is 0 Å². The largest absolute Gasteiger partial charge is 0.391 e. The first-order chi connectivity index (χ1) is 16.3. The number of halogens is 3. The molecule has 176 valence electrons. The van der Waals surface area contributed by atoms with E-state index in [2.05, 4.69) is 26.3 Å². The molecule has 8 nitrogen and oxygen atoms in total. The zero-order chi connectivity index (χ0) is 24.0. The molecule has 0 spiro atoms. The third-order valence-electron chi connectivity index (χ3n) is 6.57. The summed E-state index contributed by atoms with van der Waals surface area (Å²) in [4.78, 5) is 27.5. The van der Waals surface area contributed by atoms with Crippen molar-refractivity contribution in [3.63, 3.8) is 0 Å². The van der Waals surface area contributed by atoms with E-state index in [1.54, 1.807) is 0 Å². The van der Waals surface area contributed by atoms with Crippen molar-refractivity contribution in [1.82, 2.24) is 14.9 Å². The average Bonchev–Trinajstić information content (AvgIpc) is 3.50. The maximum absolute atomic E-state index is 14.4. The van der Waals surface area contributed by atoms with Crippen LogP contribution in [0, 0.1) is 28.9 Å². The van der Waals surface area contributed by atoms with Gasteiger partial charge in [0.2, 0.25) is 0 Å². The number of aliphatic hydroxyl groups is 1. The lowest BCUT2D eigenvalue weighted by Crippen LogP contribution is -2.37. The molecule has 0 bridgehead atoms. The number of hydrogen-bond acceptors (Lipinski definition) is 7. The van der Waals surface area contributed by atoms with E-state index in [1.807, 2.05) is 0 Å². The van der Waals surface area contributed by atoms with Gasteiger partial charge in [0.05, 0.1) is 54.5 Å². The van der Waals surface area contributed by atoms with E-state index in [0.29, 0.717) is 29.9 Å². The molecule has 2 N–H and O–H groups in total. The van der Waals surface area contributed by atoms with E-state index in [9.17, 15) is 28.3 Å². The normalized spacial score (nSPS) is 27.9. The maximum Gasteiger partial charge on any atom is 0.273 e. The Kier molecular flexibility index (Phi) is 5.69. The average molecular weight is 470 g/mol. The minimum Gasteiger partial charge on any atom is -0.391 e. The Morgan fingerprint density at radius 2 is 1.94 bits per heavy atom. The molecule has 1 amide bonds. The Bertz CT molecular complexity index is 1200. The smallest absolute Gasteiger partial charge is 0.273 e. The molecule has 0 unspecified atom stereocenters. The number of nitrogens with zero attached hydrogens (tertiary/aromatic N) is 5. The predicted octanol–water partition coefficient (Wildman–Crippen LogP) is 2.44. The third kappa shape index (κ3) is 3.98. The van der Waals surface area contributed by atoms with Crippen LogP contribution in [0.3, 0.4) is 0 Å². The molecule has 3 heterocycles. The molecule has 2 aromatic rings. The van der Waals surface area contributed by atoms with Gasteiger partial charge >= 0.3 is 0 Å². The number of fused-ring (bicyclic) bond motifs is 1. The zero-order valence-electron chi connectivity index (χ0n) is 18.0. The van der Waals surface area contributed by atoms with Crippen molar-refractivity contribution >= 4 is 17.4 Å². The number of aliphatic imine (C=N–C) groups is 1. The van der Waals surface area contributed by atoms with Crippen molar-refractivity contribution in [3.05, 3.63) is 53.0 Å². The number of alkyl halides is 1. The van der Waals surface area contributed by atoms with Crippen LogP contribution in [0.1, 0.15) is 42.1 Å². The summed E-state index contributed by atoms with van der Waals surface area (Å²) in [6.07, 6.45) is -0.138. The summed E-state index contributed by atoms with van der Waals surface area (Å²) in [5, 5.41) is 22.6. The quantitative estimate of drug-likeness (QED) is 0.710. The van der Waals surface area contributed by atoms with Gasteiger partial charge in [-0.1, -0.05) is 0 Å². The topological polar surface area (TPSA) is 114 Å². The van der Waals surface area contributed by atoms with Gasteiger partial charge in [-0.2, -0.15) is 5.26 Å². The molecule has 11 heteroatoms. The fourth-order valence-corrected chi connectivity index (χ4v) is 4.99. The first kappa shape index (κ1) is 22.3. The van der Waals surface area contributed by atoms with Crippen LogP contribution >= 0.6 is 0 Å². The highest BCUT2D eigenvalue weighted by Gasteiger charge is 2.41. The van der Waals surface area contributed by atoms with Gasteiger partial charge in [-0.15, -0.1) is 0 Å². The van der Waals surface area contributed by atoms with Gasteiger partial charge in [-0.25, -0.2) is 23.1 Å². The van der Waals surface area contributed by atoms with E-state index in [-0.39, 0.29) is 36.7 Å². The van der Waals surface area contributed by atoms with Gasteiger partial charge in [-0.05, 0) is 30.5 Å². The molecule has 0 radical (unpaired) electrons. The number of carbonyl (C=O) groups is 1. The lowest BCUT2D eigenvalue weighted by atomic mass is 10.0. The summed E-state index contributed by atoms with van der Waals surface area (Å²) >= 11 is 0. The van der Waals surface area contributed by atoms with Gasteiger partial charge in [0.1, 0.15) is 35.7 Å². The second-order valence-corrected chi connectivity index (χ2v) is 8.83. The second kappa shape index (κ2) is 8.68. The number of rotatable bonds is 4. The fourth-order valence-electron chi connectivity index (χ4n) is 4.99. The second-order valence-electron chi connectivity index (χ2n) is 8.83. The number of likely N-dealkylation sites (tertiary alicyclic amines) is 1. The summed E-state index contributed by atoms with van der Waals surface area (Å²) in [6.45, 7) is -0.120. The Labute approximate surface area is 193 Å². The number of carbonyl (C=O) groups excluding carboxylic acids is 1. The fraction of sp³-hybridized carbons (Fsp3) is 0.435. The molecule has 34 heavy (non-hydrogen) atoms. The van der Waals surface area contributed by atoms with Gasteiger partial charge < -0.3 is 15.3 Å². The molecule has 5 atom stereocenters. The first-order valence-electron chi connectivity index (χ1n) is 11.0. The SMILES string of the molecule is N#C[C@H]1C[C@@H](O)[C@H](Nc2ncnc3c2C(C(=O)N2C[C@@H](F)C[C@@H]2c2cc(F)cc(F)c2)=NC3)C1. The number of aliphatic hydroxyl groups excluding tert-OH is 1. The molecule has 2 aliphatic heterocycles. The molecular formula is C23H21F3N6O2. The molecule has 1 aliphatic carbocycles. The Morgan fingerprint density at radius 1 is 1.18 bits per heavy atom. The van der Waals surface area contributed by atoms with E-state index in [0.717, 1.165) is 18.2 Å². The van der Waals surface area contributed by atoms with Crippen molar-refractivity contribution in [2.24, 2.45) is 10.9 Å². The Morgan fingerprint density at radius 3 is 2.65 bits per heavy atom. The molecule has 1 aromatic carbocycles. The summed E-state index contributed by atoms with van der Waals surface area (Å²) < 4.78 is 42.0. The van der Waals surface area contributed by atoms with E-state index < -0.39 is 41.9 Å². The van der Waals surface area contributed by atoms with Crippen LogP contribution in [-0.4, -0.2) is 56.5 Å². The molecule has 5 rings (SSSR count). The van der Waals surface area contributed by atoms with Gasteiger partial charge in [0, 0.05) is 12.5 Å². The van der Waals surface area contributed by atoms with Crippen molar-refractivity contribution < 1.29 is 23.1 Å². The molecular weight excluding hydrogens is 449 g/mol. The number of hydrogen-bond donors (Lipinski definition) is 2. The molecule has 1 saturated heterocycles. The summed E-state index contributed by atoms with van der Waals surface area (Å²) in [5.41, 5.74) is 1.05. The summed E-state index contributed by atoms with van der Waals surface area (Å²) in [6, 6.07) is 3.77. The van der Waals surface area contributed by atoms with Gasteiger partial charge in [-0.3, -0.25) is 9.79 Å². The Balaban J connectivity index is 1.44. The lowest BCUT2D eigenvalue weighted by Gasteiger charge is -2.25. The van der Waals surface area contributed by atoms with Crippen molar-refractivity contribution in [2.45, 2.75) is 50.2 Å². The molecule has 3 aliphatic rings. The number of aromatic nitrogens is 2. The van der Waals surface area contributed by atoms with Crippen molar-refractivity contribution in [1.29, 1.82) is 5.26 Å². The minimum atomic E-state index is -1.36. The highest BCUT2D eigenvalue weighted by molar-refractivity contribution is 6.47. The number of amides is 1. The van der Waals surface area contributed by atoms with Crippen LogP contribution in [0.15, 0.2) is 29.5 Å². The maximum atomic E-state index is 14.4. The summed E-state index contributed by atoms with van der Waals surface area (Å²) in [5.74, 6) is -2.21. The minimum absolute atomic E-state index is 0.0263. The monoisotopic (exact) mass is 470 g/mol. The summed E-state index contributed by atoms with van der Waals surface area (Å²) in [7, 11) is 0. The van der Waals surface area contributed by atoms with E-state index in [1.165, 1.54) is 11.2 Å². The molecule has 1 aromatic heterocycles. The third-order valence-corrected chi connectivity index (χ3v) is 6.57. The molecule has 1 saturated carbocycles. The number of nitrogens with one attached hydrogen (secondary N) is 1. The van der Waals surface area contributed by atoms with Crippen LogP contribution in [0.2, 0.25) is 0 Å². The van der Waals surface area contributed by atoms with Crippen LogP contribution < -0.4 is 5.32 Å². The van der Waals surface area contributed by atoms with Crippen LogP contribution in [0.5, 0.6) is 0 Å². The standard InChI is InChI=1S/C23H21F3N6O2/c24-13-3-12(4-14(25)5-13)18-6-15(26)9-32(18)23(34)21-20-17(8-28-21)29-10-30-22(20)31-16-1-11(7-27)2-19(16)33/h3-5,10-11,15-16,18-19,33H,1-2,6,8-9H2,(H,29,30,31)/t11-,15+,16-,18-,19-/m1/s1. The number of nitriles is 1. The number of anilines is 1.